The molecule has 0 saturated carbocycles. The van der Waals surface area contributed by atoms with Crippen LogP contribution in [0, 0.1) is 5.92 Å². The van der Waals surface area contributed by atoms with Crippen molar-refractivity contribution in [1.82, 2.24) is 20.4 Å². The molecule has 6 heteroatoms. The second-order valence-electron chi connectivity index (χ2n) is 6.19. The van der Waals surface area contributed by atoms with Gasteiger partial charge in [-0.1, -0.05) is 42.5 Å². The molecular weight excluding hydrogens is 292 g/mol. The number of amides is 4. The van der Waals surface area contributed by atoms with E-state index in [4.69, 9.17) is 0 Å². The van der Waals surface area contributed by atoms with Gasteiger partial charge in [0.15, 0.2) is 0 Å². The number of fused-ring (bicyclic) bond motifs is 1. The van der Waals surface area contributed by atoms with Crippen LogP contribution >= 0.6 is 0 Å². The Balaban J connectivity index is 1.91. The van der Waals surface area contributed by atoms with Crippen LogP contribution in [0.25, 0.3) is 6.08 Å². The Morgan fingerprint density at radius 3 is 2.35 bits per heavy atom. The van der Waals surface area contributed by atoms with Crippen LogP contribution in [-0.2, 0) is 0 Å². The van der Waals surface area contributed by atoms with Crippen LogP contribution in [-0.4, -0.2) is 54.2 Å². The first kappa shape index (κ1) is 15.4. The molecule has 3 rings (SSSR count). The van der Waals surface area contributed by atoms with E-state index in [0.717, 1.165) is 5.56 Å². The zero-order valence-electron chi connectivity index (χ0n) is 13.6. The van der Waals surface area contributed by atoms with E-state index in [2.05, 4.69) is 10.6 Å². The molecule has 2 fully saturated rings. The first-order chi connectivity index (χ1) is 11.0. The summed E-state index contributed by atoms with van der Waals surface area (Å²) in [6.45, 7) is 1.98. The Labute approximate surface area is 136 Å². The lowest BCUT2D eigenvalue weighted by Gasteiger charge is -2.51. The largest absolute Gasteiger partial charge is 0.335 e. The molecule has 2 aliphatic heterocycles. The minimum absolute atomic E-state index is 0.0304. The number of likely N-dealkylation sites (N-methyl/N-ethyl adjacent to an activating group) is 1. The van der Waals surface area contributed by atoms with Gasteiger partial charge in [-0.2, -0.15) is 0 Å². The van der Waals surface area contributed by atoms with E-state index in [9.17, 15) is 9.59 Å². The molecule has 0 aromatic heterocycles. The van der Waals surface area contributed by atoms with Gasteiger partial charge in [-0.05, 0) is 12.5 Å². The van der Waals surface area contributed by atoms with E-state index < -0.39 is 0 Å². The third-order valence-electron chi connectivity index (χ3n) is 4.75. The van der Waals surface area contributed by atoms with Gasteiger partial charge < -0.3 is 20.4 Å². The Kier molecular flexibility index (Phi) is 3.98. The number of urea groups is 2. The second-order valence-corrected chi connectivity index (χ2v) is 6.19. The molecule has 1 aromatic rings. The van der Waals surface area contributed by atoms with Crippen LogP contribution in [0.4, 0.5) is 9.59 Å². The molecule has 1 aromatic carbocycles. The van der Waals surface area contributed by atoms with Crippen molar-refractivity contribution in [3.8, 4) is 0 Å². The summed E-state index contributed by atoms with van der Waals surface area (Å²) in [7, 11) is 3.50. The van der Waals surface area contributed by atoms with Gasteiger partial charge in [-0.15, -0.1) is 0 Å². The smallest absolute Gasteiger partial charge is 0.319 e. The van der Waals surface area contributed by atoms with Crippen molar-refractivity contribution in [1.29, 1.82) is 0 Å². The average molecular weight is 314 g/mol. The van der Waals surface area contributed by atoms with Gasteiger partial charge >= 0.3 is 12.1 Å². The molecule has 0 radical (unpaired) electrons. The van der Waals surface area contributed by atoms with Crippen molar-refractivity contribution in [3.05, 3.63) is 42.0 Å². The number of hydrogen-bond acceptors (Lipinski definition) is 2. The van der Waals surface area contributed by atoms with Crippen LogP contribution in [0.3, 0.4) is 0 Å². The van der Waals surface area contributed by atoms with E-state index in [1.54, 1.807) is 23.9 Å². The fourth-order valence-corrected chi connectivity index (χ4v) is 3.38. The number of carbonyl (C=O) groups excluding carboxylic acids is 2. The molecule has 4 atom stereocenters. The van der Waals surface area contributed by atoms with Crippen molar-refractivity contribution in [2.45, 2.75) is 25.2 Å². The van der Waals surface area contributed by atoms with Crippen LogP contribution in [0.5, 0.6) is 0 Å². The number of benzene rings is 1. The van der Waals surface area contributed by atoms with Gasteiger partial charge in [0, 0.05) is 26.1 Å². The molecule has 0 spiro atoms. The lowest BCUT2D eigenvalue weighted by Crippen LogP contribution is -2.73. The summed E-state index contributed by atoms with van der Waals surface area (Å²) in [6.07, 6.45) is 3.78. The third kappa shape index (κ3) is 2.76. The number of hydrogen-bond donors (Lipinski definition) is 2. The van der Waals surface area contributed by atoms with Gasteiger partial charge in [0.25, 0.3) is 0 Å². The van der Waals surface area contributed by atoms with Gasteiger partial charge in [0.05, 0.1) is 6.04 Å². The highest BCUT2D eigenvalue weighted by Gasteiger charge is 2.48. The molecule has 122 valence electrons. The maximum Gasteiger partial charge on any atom is 0.319 e. The van der Waals surface area contributed by atoms with E-state index in [0.29, 0.717) is 0 Å². The molecule has 2 heterocycles. The maximum absolute atomic E-state index is 12.3. The maximum atomic E-state index is 12.3. The topological polar surface area (TPSA) is 64.7 Å². The quantitative estimate of drug-likeness (QED) is 0.873. The Morgan fingerprint density at radius 1 is 1.00 bits per heavy atom. The predicted octanol–water partition coefficient (Wildman–Crippen LogP) is 1.71. The van der Waals surface area contributed by atoms with Gasteiger partial charge in [0.2, 0.25) is 0 Å². The molecule has 0 aliphatic carbocycles. The van der Waals surface area contributed by atoms with Gasteiger partial charge in [-0.3, -0.25) is 0 Å². The van der Waals surface area contributed by atoms with Crippen LogP contribution in [0.15, 0.2) is 36.4 Å². The zero-order chi connectivity index (χ0) is 16.6. The SMILES string of the molecule is C[C@@H]1NC(=O)N(C)[C@@H]2NC(=O)N(C)[C@@H](/C=C/c3ccccc3)[C@H]12. The number of nitrogens with one attached hydrogen (secondary N) is 2. The van der Waals surface area contributed by atoms with E-state index in [-0.39, 0.29) is 36.2 Å². The van der Waals surface area contributed by atoms with Crippen LogP contribution in [0.2, 0.25) is 0 Å². The highest BCUT2D eigenvalue weighted by molar-refractivity contribution is 5.80. The predicted molar refractivity (Wildman–Crippen MR) is 88.6 cm³/mol. The molecular formula is C17H22N4O2. The summed E-state index contributed by atoms with van der Waals surface area (Å²) in [5, 5.41) is 5.89. The van der Waals surface area contributed by atoms with Crippen LogP contribution in [0.1, 0.15) is 12.5 Å². The first-order valence-corrected chi connectivity index (χ1v) is 7.79. The molecule has 0 bridgehead atoms. The van der Waals surface area contributed by atoms with Crippen molar-refractivity contribution in [2.24, 2.45) is 5.92 Å². The zero-order valence-corrected chi connectivity index (χ0v) is 13.6. The lowest BCUT2D eigenvalue weighted by molar-refractivity contribution is 0.0407. The Bertz CT molecular complexity index is 631. The van der Waals surface area contributed by atoms with Gasteiger partial charge in [-0.25, -0.2) is 9.59 Å². The first-order valence-electron chi connectivity index (χ1n) is 7.79. The van der Waals surface area contributed by atoms with Crippen molar-refractivity contribution >= 4 is 18.1 Å². The van der Waals surface area contributed by atoms with E-state index >= 15 is 0 Å². The highest BCUT2D eigenvalue weighted by Crippen LogP contribution is 2.29. The Hall–Kier alpha value is -2.50. The molecule has 2 N–H and O–H groups in total. The molecule has 2 aliphatic rings. The molecule has 0 unspecified atom stereocenters. The molecule has 4 amide bonds. The minimum atomic E-state index is -0.298. The van der Waals surface area contributed by atoms with E-state index in [1.165, 1.54) is 0 Å². The molecule has 6 nitrogen and oxygen atoms in total. The average Bonchev–Trinajstić information content (AvgIpc) is 2.54. The fourth-order valence-electron chi connectivity index (χ4n) is 3.38. The number of nitrogens with zero attached hydrogens (tertiary/aromatic N) is 2. The van der Waals surface area contributed by atoms with Crippen LogP contribution < -0.4 is 10.6 Å². The normalized spacial score (nSPS) is 30.9. The van der Waals surface area contributed by atoms with Crippen molar-refractivity contribution in [3.63, 3.8) is 0 Å². The lowest BCUT2D eigenvalue weighted by atomic mass is 9.84. The third-order valence-corrected chi connectivity index (χ3v) is 4.75. The summed E-state index contributed by atoms with van der Waals surface area (Å²) >= 11 is 0. The number of rotatable bonds is 2. The minimum Gasteiger partial charge on any atom is -0.335 e. The summed E-state index contributed by atoms with van der Waals surface area (Å²) in [5.41, 5.74) is 1.09. The van der Waals surface area contributed by atoms with Gasteiger partial charge in [0.1, 0.15) is 6.17 Å². The molecule has 2 saturated heterocycles. The number of carbonyl (C=O) groups is 2. The summed E-state index contributed by atoms with van der Waals surface area (Å²) in [4.78, 5) is 27.5. The summed E-state index contributed by atoms with van der Waals surface area (Å²) < 4.78 is 0. The Morgan fingerprint density at radius 2 is 1.65 bits per heavy atom. The van der Waals surface area contributed by atoms with E-state index in [1.807, 2.05) is 49.4 Å². The molecule has 23 heavy (non-hydrogen) atoms. The monoisotopic (exact) mass is 314 g/mol. The standard InChI is InChI=1S/C17H22N4O2/c1-11-14-13(10-9-12-7-5-4-6-8-12)20(2)17(23)19-15(14)21(3)16(22)18-11/h4-11,13-15H,1-3H3,(H,18,22)(H,19,23)/b10-9+/t11-,13-,14-,15-/m0/s1. The van der Waals surface area contributed by atoms with Crippen molar-refractivity contribution < 1.29 is 9.59 Å². The van der Waals surface area contributed by atoms with Crippen molar-refractivity contribution in [2.75, 3.05) is 14.1 Å². The fraction of sp³-hybridized carbons (Fsp3) is 0.412. The summed E-state index contributed by atoms with van der Waals surface area (Å²) in [6, 6.07) is 9.54. The second kappa shape index (κ2) is 5.95. The highest BCUT2D eigenvalue weighted by atomic mass is 16.2. The summed E-state index contributed by atoms with van der Waals surface area (Å²) in [5.74, 6) is 0.0698.